The fourth-order valence-electron chi connectivity index (χ4n) is 3.00. The lowest BCUT2D eigenvalue weighted by atomic mass is 10.1. The quantitative estimate of drug-likeness (QED) is 0.544. The van der Waals surface area contributed by atoms with Crippen molar-refractivity contribution in [3.05, 3.63) is 52.3 Å². The minimum Gasteiger partial charge on any atom is -0.339 e. The molecule has 10 heteroatoms. The molecule has 0 saturated carbocycles. The highest BCUT2D eigenvalue weighted by Gasteiger charge is 2.15. The molecule has 0 bridgehead atoms. The zero-order valence-corrected chi connectivity index (χ0v) is 18.2. The summed E-state index contributed by atoms with van der Waals surface area (Å²) in [6, 6.07) is 9.13. The van der Waals surface area contributed by atoms with Gasteiger partial charge in [-0.3, -0.25) is 4.79 Å². The standard InChI is InChI=1S/C20H22BrFN6O2/c1-3-27(4-2)19(29)13-5-8-18-17(11-13)25-26-28(18)10-9-23-20(30)24-16-7-6-14(21)12-15(16)22/h5-8,11-12H,3-4,9-10H2,1-2H3,(H2,23,24,30). The molecule has 1 aromatic heterocycles. The van der Waals surface area contributed by atoms with Crippen molar-refractivity contribution in [1.82, 2.24) is 25.2 Å². The van der Waals surface area contributed by atoms with Crippen molar-refractivity contribution in [3.63, 3.8) is 0 Å². The van der Waals surface area contributed by atoms with Gasteiger partial charge in [0.1, 0.15) is 11.3 Å². The highest BCUT2D eigenvalue weighted by molar-refractivity contribution is 9.10. The first-order chi connectivity index (χ1) is 14.4. The summed E-state index contributed by atoms with van der Waals surface area (Å²) in [4.78, 5) is 26.2. The van der Waals surface area contributed by atoms with Gasteiger partial charge in [0.15, 0.2) is 0 Å². The second-order valence-corrected chi connectivity index (χ2v) is 7.41. The van der Waals surface area contributed by atoms with Crippen LogP contribution in [0, 0.1) is 5.82 Å². The van der Waals surface area contributed by atoms with Crippen molar-refractivity contribution < 1.29 is 14.0 Å². The van der Waals surface area contributed by atoms with Crippen molar-refractivity contribution in [3.8, 4) is 0 Å². The number of anilines is 1. The molecule has 2 N–H and O–H groups in total. The van der Waals surface area contributed by atoms with Gasteiger partial charge in [-0.2, -0.15) is 0 Å². The second kappa shape index (κ2) is 9.66. The summed E-state index contributed by atoms with van der Waals surface area (Å²) >= 11 is 3.17. The Morgan fingerprint density at radius 1 is 1.17 bits per heavy atom. The van der Waals surface area contributed by atoms with E-state index in [9.17, 15) is 14.0 Å². The van der Waals surface area contributed by atoms with Crippen LogP contribution in [0.5, 0.6) is 0 Å². The average Bonchev–Trinajstić information content (AvgIpc) is 3.13. The Balaban J connectivity index is 1.60. The van der Waals surface area contributed by atoms with Gasteiger partial charge >= 0.3 is 6.03 Å². The first-order valence-corrected chi connectivity index (χ1v) is 10.3. The predicted molar refractivity (Wildman–Crippen MR) is 116 cm³/mol. The smallest absolute Gasteiger partial charge is 0.319 e. The first kappa shape index (κ1) is 21.7. The molecule has 2 aromatic carbocycles. The van der Waals surface area contributed by atoms with Crippen LogP contribution in [0.4, 0.5) is 14.9 Å². The lowest BCUT2D eigenvalue weighted by molar-refractivity contribution is 0.0773. The summed E-state index contributed by atoms with van der Waals surface area (Å²) in [5.74, 6) is -0.577. The van der Waals surface area contributed by atoms with E-state index in [0.717, 1.165) is 5.52 Å². The molecule has 1 heterocycles. The van der Waals surface area contributed by atoms with Gasteiger partial charge in [0, 0.05) is 29.7 Å². The Bertz CT molecular complexity index is 1070. The third-order valence-electron chi connectivity index (χ3n) is 4.60. The summed E-state index contributed by atoms with van der Waals surface area (Å²) in [7, 11) is 0. The maximum atomic E-state index is 13.8. The van der Waals surface area contributed by atoms with Crippen LogP contribution in [0.25, 0.3) is 11.0 Å². The van der Waals surface area contributed by atoms with Crippen LogP contribution in [0.2, 0.25) is 0 Å². The molecule has 0 aliphatic carbocycles. The minimum absolute atomic E-state index is 0.0463. The molecule has 0 spiro atoms. The largest absolute Gasteiger partial charge is 0.339 e. The van der Waals surface area contributed by atoms with Gasteiger partial charge in [-0.15, -0.1) is 5.10 Å². The molecule has 3 aromatic rings. The Labute approximate surface area is 181 Å². The number of hydrogen-bond acceptors (Lipinski definition) is 4. The van der Waals surface area contributed by atoms with E-state index in [4.69, 9.17) is 0 Å². The number of carbonyl (C=O) groups excluding carboxylic acids is 2. The molecular weight excluding hydrogens is 455 g/mol. The summed E-state index contributed by atoms with van der Waals surface area (Å²) in [5, 5.41) is 13.3. The van der Waals surface area contributed by atoms with E-state index in [2.05, 4.69) is 36.9 Å². The van der Waals surface area contributed by atoms with E-state index >= 15 is 0 Å². The summed E-state index contributed by atoms with van der Waals surface area (Å²) < 4.78 is 16.0. The third kappa shape index (κ3) is 4.93. The third-order valence-corrected chi connectivity index (χ3v) is 5.09. The molecule has 0 radical (unpaired) electrons. The Morgan fingerprint density at radius 3 is 2.63 bits per heavy atom. The van der Waals surface area contributed by atoms with Crippen molar-refractivity contribution in [2.24, 2.45) is 0 Å². The van der Waals surface area contributed by atoms with E-state index in [0.29, 0.717) is 35.2 Å². The minimum atomic E-state index is -0.531. The zero-order chi connectivity index (χ0) is 21.7. The van der Waals surface area contributed by atoms with E-state index < -0.39 is 11.8 Å². The lowest BCUT2D eigenvalue weighted by Crippen LogP contribution is -2.32. The topological polar surface area (TPSA) is 92.2 Å². The predicted octanol–water partition coefficient (Wildman–Crippen LogP) is 3.64. The number of aromatic nitrogens is 3. The number of hydrogen-bond donors (Lipinski definition) is 2. The number of fused-ring (bicyclic) bond motifs is 1. The number of halogens is 2. The number of nitrogens with zero attached hydrogens (tertiary/aromatic N) is 4. The van der Waals surface area contributed by atoms with Crippen LogP contribution in [-0.2, 0) is 6.54 Å². The van der Waals surface area contributed by atoms with Crippen LogP contribution in [0.3, 0.4) is 0 Å². The number of rotatable bonds is 7. The number of urea groups is 1. The van der Waals surface area contributed by atoms with Crippen LogP contribution in [0.1, 0.15) is 24.2 Å². The highest BCUT2D eigenvalue weighted by atomic mass is 79.9. The molecule has 30 heavy (non-hydrogen) atoms. The van der Waals surface area contributed by atoms with Gasteiger partial charge in [-0.1, -0.05) is 21.1 Å². The molecule has 3 amide bonds. The van der Waals surface area contributed by atoms with Crippen LogP contribution < -0.4 is 10.6 Å². The molecule has 158 valence electrons. The molecule has 8 nitrogen and oxygen atoms in total. The van der Waals surface area contributed by atoms with Crippen molar-refractivity contribution in [2.45, 2.75) is 20.4 Å². The Morgan fingerprint density at radius 2 is 1.93 bits per heavy atom. The molecule has 0 saturated heterocycles. The van der Waals surface area contributed by atoms with Crippen LogP contribution >= 0.6 is 15.9 Å². The molecular formula is C20H22BrFN6O2. The summed E-state index contributed by atoms with van der Waals surface area (Å²) in [5.41, 5.74) is 2.02. The lowest BCUT2D eigenvalue weighted by Gasteiger charge is -2.18. The zero-order valence-electron chi connectivity index (χ0n) is 16.7. The highest BCUT2D eigenvalue weighted by Crippen LogP contribution is 2.19. The maximum Gasteiger partial charge on any atom is 0.319 e. The monoisotopic (exact) mass is 476 g/mol. The van der Waals surface area contributed by atoms with Crippen molar-refractivity contribution in [2.75, 3.05) is 25.0 Å². The van der Waals surface area contributed by atoms with E-state index in [1.165, 1.54) is 12.1 Å². The van der Waals surface area contributed by atoms with Gasteiger partial charge in [-0.25, -0.2) is 13.9 Å². The Kier molecular flexibility index (Phi) is 6.99. The molecule has 0 aliphatic heterocycles. The van der Waals surface area contributed by atoms with E-state index in [1.807, 2.05) is 13.8 Å². The first-order valence-electron chi connectivity index (χ1n) is 9.55. The molecule has 0 fully saturated rings. The second-order valence-electron chi connectivity index (χ2n) is 6.50. The number of nitrogens with one attached hydrogen (secondary N) is 2. The summed E-state index contributed by atoms with van der Waals surface area (Å²) in [6.45, 7) is 5.78. The van der Waals surface area contributed by atoms with Gasteiger partial charge in [0.25, 0.3) is 5.91 Å². The van der Waals surface area contributed by atoms with Gasteiger partial charge in [0.05, 0.1) is 17.7 Å². The normalized spacial score (nSPS) is 10.8. The molecule has 0 unspecified atom stereocenters. The van der Waals surface area contributed by atoms with Crippen molar-refractivity contribution >= 4 is 44.6 Å². The van der Waals surface area contributed by atoms with Gasteiger partial charge in [0.2, 0.25) is 0 Å². The fourth-order valence-corrected chi connectivity index (χ4v) is 3.33. The van der Waals surface area contributed by atoms with E-state index in [1.54, 1.807) is 33.8 Å². The van der Waals surface area contributed by atoms with Gasteiger partial charge in [-0.05, 0) is 50.2 Å². The number of benzene rings is 2. The number of carbonyl (C=O) groups is 2. The van der Waals surface area contributed by atoms with Crippen molar-refractivity contribution in [1.29, 1.82) is 0 Å². The van der Waals surface area contributed by atoms with E-state index in [-0.39, 0.29) is 18.1 Å². The Hall–Kier alpha value is -3.01. The SMILES string of the molecule is CCN(CC)C(=O)c1ccc2c(c1)nnn2CCNC(=O)Nc1ccc(Br)cc1F. The molecule has 3 rings (SSSR count). The number of amides is 3. The summed E-state index contributed by atoms with van der Waals surface area (Å²) in [6.07, 6.45) is 0. The molecule has 0 aliphatic rings. The van der Waals surface area contributed by atoms with Crippen LogP contribution in [-0.4, -0.2) is 51.5 Å². The van der Waals surface area contributed by atoms with Gasteiger partial charge < -0.3 is 15.5 Å². The molecule has 0 atom stereocenters. The fraction of sp³-hybridized carbons (Fsp3) is 0.300. The maximum absolute atomic E-state index is 13.8. The average molecular weight is 477 g/mol. The van der Waals surface area contributed by atoms with Crippen LogP contribution in [0.15, 0.2) is 40.9 Å².